The molecular weight excluding hydrogens is 555 g/mol. The van der Waals surface area contributed by atoms with E-state index in [1.54, 1.807) is 24.9 Å². The molecule has 43 heavy (non-hydrogen) atoms. The lowest BCUT2D eigenvalue weighted by molar-refractivity contribution is -0.137. The van der Waals surface area contributed by atoms with Crippen LogP contribution in [-0.4, -0.2) is 52.8 Å². The van der Waals surface area contributed by atoms with Gasteiger partial charge in [-0.15, -0.1) is 0 Å². The minimum Gasteiger partial charge on any atom is -0.489 e. The zero-order valence-electron chi connectivity index (χ0n) is 25.0. The molecule has 2 fully saturated rings. The summed E-state index contributed by atoms with van der Waals surface area (Å²) in [6.07, 6.45) is -2.97. The van der Waals surface area contributed by atoms with Crippen molar-refractivity contribution in [3.63, 3.8) is 0 Å². The van der Waals surface area contributed by atoms with E-state index in [0.29, 0.717) is 55.8 Å². The fourth-order valence-electron chi connectivity index (χ4n) is 6.26. The van der Waals surface area contributed by atoms with Gasteiger partial charge in [-0.1, -0.05) is 49.4 Å². The van der Waals surface area contributed by atoms with Crippen LogP contribution in [-0.2, 0) is 24.0 Å². The third-order valence-electron chi connectivity index (χ3n) is 8.83. The molecule has 5 rings (SSSR count). The lowest BCUT2D eigenvalue weighted by Gasteiger charge is -2.47. The zero-order valence-corrected chi connectivity index (χ0v) is 25.0. The van der Waals surface area contributed by atoms with E-state index < -0.39 is 23.8 Å². The molecule has 2 heterocycles. The second-order valence-electron chi connectivity index (χ2n) is 11.5. The van der Waals surface area contributed by atoms with Crippen molar-refractivity contribution in [2.75, 3.05) is 20.1 Å². The number of amides is 3. The molecule has 3 atom stereocenters. The quantitative estimate of drug-likeness (QED) is 0.289. The smallest absolute Gasteiger partial charge is 0.416 e. The van der Waals surface area contributed by atoms with Crippen LogP contribution in [0, 0.1) is 6.92 Å². The number of urea groups is 1. The van der Waals surface area contributed by atoms with Gasteiger partial charge < -0.3 is 19.4 Å². The number of benzene rings is 3. The summed E-state index contributed by atoms with van der Waals surface area (Å²) >= 11 is 0. The highest BCUT2D eigenvalue weighted by atomic mass is 19.4. The molecule has 0 aromatic heterocycles. The van der Waals surface area contributed by atoms with Gasteiger partial charge in [0.25, 0.3) is 0 Å². The molecule has 3 aromatic rings. The maximum Gasteiger partial charge on any atom is 0.416 e. The average molecular weight is 594 g/mol. The van der Waals surface area contributed by atoms with Crippen molar-refractivity contribution in [3.05, 3.63) is 100 Å². The molecule has 0 radical (unpaired) electrons. The summed E-state index contributed by atoms with van der Waals surface area (Å²) in [5, 5.41) is 0. The summed E-state index contributed by atoms with van der Waals surface area (Å²) in [5.41, 5.74) is 3.21. The van der Waals surface area contributed by atoms with E-state index in [2.05, 4.69) is 0 Å². The summed E-state index contributed by atoms with van der Waals surface area (Å²) in [5.74, 6) is 0.792. The standard InChI is InChI=1S/C34H38F3N3O3/c1-5-24-18-26(20-27(19-24)34(35,36)37)23(3)38(4)33(42)40-16-15-39-30(13-14-31(39)41)32(40)29-12-11-28(17-22(29)2)43-21-25-9-7-6-8-10-25/h6-12,17-20,23,30,32H,5,13-16,21H2,1-4H3. The number of fused-ring (bicyclic) bond motifs is 1. The first-order valence-electron chi connectivity index (χ1n) is 14.8. The van der Waals surface area contributed by atoms with E-state index in [1.165, 1.54) is 11.0 Å². The van der Waals surface area contributed by atoms with Gasteiger partial charge in [0.05, 0.1) is 23.7 Å². The first-order chi connectivity index (χ1) is 20.5. The monoisotopic (exact) mass is 593 g/mol. The van der Waals surface area contributed by atoms with Gasteiger partial charge in [0.1, 0.15) is 12.4 Å². The summed E-state index contributed by atoms with van der Waals surface area (Å²) < 4.78 is 47.0. The largest absolute Gasteiger partial charge is 0.489 e. The molecule has 2 aliphatic heterocycles. The highest BCUT2D eigenvalue weighted by Gasteiger charge is 2.46. The number of rotatable bonds is 7. The molecule has 0 aliphatic carbocycles. The number of piperazine rings is 1. The number of carbonyl (C=O) groups excluding carboxylic acids is 2. The van der Waals surface area contributed by atoms with Crippen molar-refractivity contribution >= 4 is 11.9 Å². The Morgan fingerprint density at radius 3 is 2.47 bits per heavy atom. The Bertz CT molecular complexity index is 1480. The molecule has 0 spiro atoms. The van der Waals surface area contributed by atoms with E-state index in [1.807, 2.05) is 67.3 Å². The molecule has 6 nitrogen and oxygen atoms in total. The van der Waals surface area contributed by atoms with E-state index in [4.69, 9.17) is 4.74 Å². The van der Waals surface area contributed by atoms with Crippen molar-refractivity contribution in [3.8, 4) is 5.75 Å². The SMILES string of the molecule is CCc1cc(C(C)N(C)C(=O)N2CCN3C(=O)CCC3C2c2ccc(OCc3ccccc3)cc2C)cc(C(F)(F)F)c1. The molecule has 0 bridgehead atoms. The number of carbonyl (C=O) groups is 2. The van der Waals surface area contributed by atoms with Gasteiger partial charge in [0, 0.05) is 26.6 Å². The second-order valence-corrected chi connectivity index (χ2v) is 11.5. The van der Waals surface area contributed by atoms with Crippen molar-refractivity contribution in [2.24, 2.45) is 0 Å². The predicted octanol–water partition coefficient (Wildman–Crippen LogP) is 7.32. The minimum atomic E-state index is -4.48. The zero-order chi connectivity index (χ0) is 30.9. The predicted molar refractivity (Wildman–Crippen MR) is 159 cm³/mol. The molecule has 228 valence electrons. The first-order valence-corrected chi connectivity index (χ1v) is 14.8. The van der Waals surface area contributed by atoms with Crippen LogP contribution in [0.2, 0.25) is 0 Å². The lowest BCUT2D eigenvalue weighted by Crippen LogP contribution is -2.57. The van der Waals surface area contributed by atoms with Crippen molar-refractivity contribution in [2.45, 2.75) is 70.9 Å². The maximum atomic E-state index is 14.1. The second kappa shape index (κ2) is 12.3. The average Bonchev–Trinajstić information content (AvgIpc) is 3.39. The maximum absolute atomic E-state index is 14.1. The Kier molecular flexibility index (Phi) is 8.71. The van der Waals surface area contributed by atoms with Crippen molar-refractivity contribution in [1.82, 2.24) is 14.7 Å². The highest BCUT2D eigenvalue weighted by Crippen LogP contribution is 2.41. The Labute approximate surface area is 251 Å². The molecular formula is C34H38F3N3O3. The van der Waals surface area contributed by atoms with E-state index >= 15 is 0 Å². The molecule has 0 saturated carbocycles. The fraction of sp³-hybridized carbons (Fsp3) is 0.412. The third kappa shape index (κ3) is 6.36. The fourth-order valence-corrected chi connectivity index (χ4v) is 6.26. The Morgan fingerprint density at radius 1 is 1.05 bits per heavy atom. The molecule has 3 amide bonds. The van der Waals surface area contributed by atoms with Crippen molar-refractivity contribution < 1.29 is 27.5 Å². The number of alkyl halides is 3. The third-order valence-corrected chi connectivity index (χ3v) is 8.83. The van der Waals surface area contributed by atoms with Gasteiger partial charge in [-0.2, -0.15) is 13.2 Å². The van der Waals surface area contributed by atoms with E-state index in [9.17, 15) is 22.8 Å². The molecule has 2 saturated heterocycles. The summed E-state index contributed by atoms with van der Waals surface area (Å²) in [6.45, 7) is 6.72. The van der Waals surface area contributed by atoms with E-state index in [-0.39, 0.29) is 18.0 Å². The van der Waals surface area contributed by atoms with Crippen molar-refractivity contribution in [1.29, 1.82) is 0 Å². The topological polar surface area (TPSA) is 53.1 Å². The number of ether oxygens (including phenoxy) is 1. The van der Waals surface area contributed by atoms with Gasteiger partial charge in [-0.25, -0.2) is 4.79 Å². The van der Waals surface area contributed by atoms with Crippen LogP contribution in [0.3, 0.4) is 0 Å². The van der Waals surface area contributed by atoms with Crippen LogP contribution in [0.15, 0.2) is 66.7 Å². The number of aryl methyl sites for hydroxylation is 2. The van der Waals surface area contributed by atoms with Crippen LogP contribution in [0.4, 0.5) is 18.0 Å². The Morgan fingerprint density at radius 2 is 1.79 bits per heavy atom. The van der Waals surface area contributed by atoms with Crippen LogP contribution in [0.25, 0.3) is 0 Å². The molecule has 3 unspecified atom stereocenters. The minimum absolute atomic E-state index is 0.0837. The van der Waals surface area contributed by atoms with Crippen LogP contribution in [0.1, 0.15) is 72.2 Å². The lowest BCUT2D eigenvalue weighted by atomic mass is 9.90. The molecule has 2 aliphatic rings. The number of halogens is 3. The van der Waals surface area contributed by atoms with Crippen LogP contribution in [0.5, 0.6) is 5.75 Å². The van der Waals surface area contributed by atoms with Gasteiger partial charge in [0.2, 0.25) is 5.91 Å². The van der Waals surface area contributed by atoms with Gasteiger partial charge in [-0.05, 0) is 78.8 Å². The van der Waals surface area contributed by atoms with Gasteiger partial charge in [0.15, 0.2) is 0 Å². The normalized spacial score (nSPS) is 19.3. The Balaban J connectivity index is 1.42. The molecule has 0 N–H and O–H groups in total. The molecule has 9 heteroatoms. The number of hydrogen-bond donors (Lipinski definition) is 0. The highest BCUT2D eigenvalue weighted by molar-refractivity contribution is 5.81. The van der Waals surface area contributed by atoms with Crippen LogP contribution >= 0.6 is 0 Å². The van der Waals surface area contributed by atoms with Gasteiger partial charge >= 0.3 is 12.2 Å². The van der Waals surface area contributed by atoms with Gasteiger partial charge in [-0.3, -0.25) is 4.79 Å². The first kappa shape index (κ1) is 30.4. The number of hydrogen-bond acceptors (Lipinski definition) is 3. The summed E-state index contributed by atoms with van der Waals surface area (Å²) in [6, 6.07) is 18.3. The summed E-state index contributed by atoms with van der Waals surface area (Å²) in [4.78, 5) is 32.0. The Hall–Kier alpha value is -4.01. The van der Waals surface area contributed by atoms with E-state index in [0.717, 1.165) is 22.8 Å². The molecule has 3 aromatic carbocycles. The summed E-state index contributed by atoms with van der Waals surface area (Å²) in [7, 11) is 1.63. The van der Waals surface area contributed by atoms with Crippen LogP contribution < -0.4 is 4.74 Å². The number of nitrogens with zero attached hydrogens (tertiary/aromatic N) is 3.